The van der Waals surface area contributed by atoms with E-state index in [0.29, 0.717) is 16.9 Å². The Morgan fingerprint density at radius 3 is 2.20 bits per heavy atom. The number of carbonyl (C=O) groups excluding carboxylic acids is 2. The molecule has 2 aromatic rings. The van der Waals surface area contributed by atoms with E-state index in [-0.39, 0.29) is 16.7 Å². The number of carbonyl (C=O) groups is 2. The summed E-state index contributed by atoms with van der Waals surface area (Å²) in [5.74, 6) is 0.805. The van der Waals surface area contributed by atoms with Gasteiger partial charge in [0.15, 0.2) is 5.78 Å². The molecule has 0 spiro atoms. The summed E-state index contributed by atoms with van der Waals surface area (Å²) in [6, 6.07) is 15.8. The van der Waals surface area contributed by atoms with Crippen LogP contribution in [0.15, 0.2) is 54.6 Å². The summed E-state index contributed by atoms with van der Waals surface area (Å²) in [6.45, 7) is 0. The second-order valence-electron chi connectivity index (χ2n) is 4.09. The number of thioether (sulfide) groups is 1. The van der Waals surface area contributed by atoms with E-state index in [0.717, 1.165) is 11.8 Å². The maximum absolute atomic E-state index is 11.9. The molecule has 0 radical (unpaired) electrons. The Labute approximate surface area is 122 Å². The summed E-state index contributed by atoms with van der Waals surface area (Å²) in [5.41, 5.74) is 1.19. The third-order valence-corrected chi connectivity index (χ3v) is 3.66. The van der Waals surface area contributed by atoms with Crippen molar-refractivity contribution in [2.75, 3.05) is 12.9 Å². The monoisotopic (exact) mass is 286 g/mol. The zero-order chi connectivity index (χ0) is 14.4. The third kappa shape index (κ3) is 3.71. The Hall–Kier alpha value is -2.07. The molecule has 0 N–H and O–H groups in total. The molecule has 2 aromatic carbocycles. The van der Waals surface area contributed by atoms with Gasteiger partial charge in [0.2, 0.25) is 5.12 Å². The van der Waals surface area contributed by atoms with Crippen molar-refractivity contribution in [3.63, 3.8) is 0 Å². The van der Waals surface area contributed by atoms with Gasteiger partial charge in [0.1, 0.15) is 5.75 Å². The highest BCUT2D eigenvalue weighted by Crippen LogP contribution is 2.17. The normalized spacial score (nSPS) is 10.1. The summed E-state index contributed by atoms with van der Waals surface area (Å²) < 4.78 is 5.03. The molecular formula is C16H14O3S. The maximum atomic E-state index is 11.9. The number of hydrogen-bond acceptors (Lipinski definition) is 4. The lowest BCUT2D eigenvalue weighted by molar-refractivity contribution is 0.101. The minimum atomic E-state index is -0.114. The van der Waals surface area contributed by atoms with E-state index in [1.165, 1.54) is 0 Å². The minimum Gasteiger partial charge on any atom is -0.497 e. The molecule has 0 saturated carbocycles. The highest BCUT2D eigenvalue weighted by atomic mass is 32.2. The maximum Gasteiger partial charge on any atom is 0.219 e. The van der Waals surface area contributed by atoms with Gasteiger partial charge in [0.25, 0.3) is 0 Å². The van der Waals surface area contributed by atoms with Gasteiger partial charge in [-0.05, 0) is 24.3 Å². The van der Waals surface area contributed by atoms with Crippen molar-refractivity contribution in [1.29, 1.82) is 0 Å². The molecule has 102 valence electrons. The lowest BCUT2D eigenvalue weighted by Gasteiger charge is -2.03. The van der Waals surface area contributed by atoms with Crippen molar-refractivity contribution in [2.45, 2.75) is 0 Å². The molecule has 2 rings (SSSR count). The third-order valence-electron chi connectivity index (χ3n) is 2.76. The smallest absolute Gasteiger partial charge is 0.219 e. The second-order valence-corrected chi connectivity index (χ2v) is 5.04. The van der Waals surface area contributed by atoms with Crippen molar-refractivity contribution in [2.24, 2.45) is 0 Å². The first-order valence-electron chi connectivity index (χ1n) is 6.10. The highest BCUT2D eigenvalue weighted by molar-refractivity contribution is 8.14. The largest absolute Gasteiger partial charge is 0.497 e. The standard InChI is InChI=1S/C16H14O3S/c1-19-14-9-7-13(8-10-14)16(18)20-11-15(17)12-5-3-2-4-6-12/h2-10H,11H2,1H3. The molecule has 0 atom stereocenters. The fraction of sp³-hybridized carbons (Fsp3) is 0.125. The van der Waals surface area contributed by atoms with Crippen LogP contribution in [0.4, 0.5) is 0 Å². The number of ketones is 1. The lowest BCUT2D eigenvalue weighted by Crippen LogP contribution is -2.05. The van der Waals surface area contributed by atoms with Gasteiger partial charge in [-0.3, -0.25) is 9.59 Å². The molecule has 0 aliphatic heterocycles. The van der Waals surface area contributed by atoms with Gasteiger partial charge in [0, 0.05) is 11.1 Å². The van der Waals surface area contributed by atoms with Crippen molar-refractivity contribution in [1.82, 2.24) is 0 Å². The predicted octanol–water partition coefficient (Wildman–Crippen LogP) is 3.45. The van der Waals surface area contributed by atoms with E-state index >= 15 is 0 Å². The first-order chi connectivity index (χ1) is 9.70. The molecular weight excluding hydrogens is 272 g/mol. The predicted molar refractivity (Wildman–Crippen MR) is 80.6 cm³/mol. The number of rotatable bonds is 5. The van der Waals surface area contributed by atoms with Crippen LogP contribution >= 0.6 is 11.8 Å². The Bertz CT molecular complexity index is 591. The van der Waals surface area contributed by atoms with Gasteiger partial charge in [-0.25, -0.2) is 0 Å². The van der Waals surface area contributed by atoms with Gasteiger partial charge < -0.3 is 4.74 Å². The van der Waals surface area contributed by atoms with Crippen LogP contribution in [-0.4, -0.2) is 23.8 Å². The second kappa shape index (κ2) is 6.91. The Balaban J connectivity index is 1.93. The molecule has 0 bridgehead atoms. The van der Waals surface area contributed by atoms with Crippen LogP contribution in [-0.2, 0) is 0 Å². The van der Waals surface area contributed by atoms with Crippen LogP contribution in [0, 0.1) is 0 Å². The average Bonchev–Trinajstić information content (AvgIpc) is 2.53. The van der Waals surface area contributed by atoms with Gasteiger partial charge in [-0.1, -0.05) is 42.1 Å². The molecule has 0 aromatic heterocycles. The van der Waals surface area contributed by atoms with Crippen LogP contribution in [0.25, 0.3) is 0 Å². The van der Waals surface area contributed by atoms with Gasteiger partial charge in [-0.2, -0.15) is 0 Å². The molecule has 0 aliphatic carbocycles. The number of methoxy groups -OCH3 is 1. The average molecular weight is 286 g/mol. The number of ether oxygens (including phenoxy) is 1. The first-order valence-corrected chi connectivity index (χ1v) is 7.08. The van der Waals surface area contributed by atoms with E-state index in [9.17, 15) is 9.59 Å². The fourth-order valence-corrected chi connectivity index (χ4v) is 2.38. The highest BCUT2D eigenvalue weighted by Gasteiger charge is 2.11. The summed E-state index contributed by atoms with van der Waals surface area (Å²) in [4.78, 5) is 23.8. The Morgan fingerprint density at radius 1 is 0.950 bits per heavy atom. The summed E-state index contributed by atoms with van der Waals surface area (Å²) >= 11 is 1.02. The van der Waals surface area contributed by atoms with E-state index in [2.05, 4.69) is 0 Å². The van der Waals surface area contributed by atoms with Crippen molar-refractivity contribution >= 4 is 22.7 Å². The minimum absolute atomic E-state index is 0.0440. The van der Waals surface area contributed by atoms with E-state index in [1.807, 2.05) is 18.2 Å². The number of benzene rings is 2. The van der Waals surface area contributed by atoms with Crippen LogP contribution in [0.1, 0.15) is 20.7 Å². The van der Waals surface area contributed by atoms with Gasteiger partial charge in [-0.15, -0.1) is 0 Å². The topological polar surface area (TPSA) is 43.4 Å². The molecule has 0 saturated heterocycles. The zero-order valence-electron chi connectivity index (χ0n) is 11.0. The van der Waals surface area contributed by atoms with Crippen LogP contribution < -0.4 is 4.74 Å². The van der Waals surface area contributed by atoms with Crippen molar-refractivity contribution in [3.05, 3.63) is 65.7 Å². The van der Waals surface area contributed by atoms with Crippen molar-refractivity contribution < 1.29 is 14.3 Å². The SMILES string of the molecule is COc1ccc(C(=O)SCC(=O)c2ccccc2)cc1. The van der Waals surface area contributed by atoms with E-state index in [1.54, 1.807) is 43.5 Å². The zero-order valence-corrected chi connectivity index (χ0v) is 11.9. The fourth-order valence-electron chi connectivity index (χ4n) is 1.65. The van der Waals surface area contributed by atoms with Gasteiger partial charge in [0.05, 0.1) is 12.9 Å². The summed E-state index contributed by atoms with van der Waals surface area (Å²) in [6.07, 6.45) is 0. The molecule has 3 nitrogen and oxygen atoms in total. The first kappa shape index (κ1) is 14.3. The van der Waals surface area contributed by atoms with E-state index < -0.39 is 0 Å². The number of hydrogen-bond donors (Lipinski definition) is 0. The Morgan fingerprint density at radius 2 is 1.60 bits per heavy atom. The quantitative estimate of drug-likeness (QED) is 0.790. The van der Waals surface area contributed by atoms with Crippen molar-refractivity contribution in [3.8, 4) is 5.75 Å². The molecule has 4 heteroatoms. The summed E-state index contributed by atoms with van der Waals surface area (Å²) in [5, 5.41) is -0.114. The molecule has 20 heavy (non-hydrogen) atoms. The van der Waals surface area contributed by atoms with Crippen LogP contribution in [0.2, 0.25) is 0 Å². The van der Waals surface area contributed by atoms with E-state index in [4.69, 9.17) is 4.74 Å². The lowest BCUT2D eigenvalue weighted by atomic mass is 10.2. The van der Waals surface area contributed by atoms with Crippen LogP contribution in [0.5, 0.6) is 5.75 Å². The number of Topliss-reactive ketones (excluding diaryl/α,β-unsaturated/α-hetero) is 1. The van der Waals surface area contributed by atoms with Crippen LogP contribution in [0.3, 0.4) is 0 Å². The van der Waals surface area contributed by atoms with Gasteiger partial charge >= 0.3 is 0 Å². The molecule has 0 amide bonds. The molecule has 0 unspecified atom stereocenters. The summed E-state index contributed by atoms with van der Waals surface area (Å²) in [7, 11) is 1.57. The Kier molecular flexibility index (Phi) is 4.96. The molecule has 0 fully saturated rings. The molecule has 0 aliphatic rings. The molecule has 0 heterocycles.